The van der Waals surface area contributed by atoms with Gasteiger partial charge in [0.05, 0.1) is 0 Å². The lowest BCUT2D eigenvalue weighted by molar-refractivity contribution is -0.288. The highest BCUT2D eigenvalue weighted by molar-refractivity contribution is 5.89. The molecular formula is C43H36O17. The van der Waals surface area contributed by atoms with Gasteiger partial charge in [-0.25, -0.2) is 9.59 Å². The second-order valence-corrected chi connectivity index (χ2v) is 13.2. The second kappa shape index (κ2) is 18.2. The summed E-state index contributed by atoms with van der Waals surface area (Å²) in [6.45, 7) is 1.35. The van der Waals surface area contributed by atoms with E-state index in [1.807, 2.05) is 0 Å². The molecule has 0 saturated carbocycles. The largest absolute Gasteiger partial charge is 0.508 e. The minimum Gasteiger partial charge on any atom is -0.508 e. The first-order valence-corrected chi connectivity index (χ1v) is 18.0. The van der Waals surface area contributed by atoms with Crippen molar-refractivity contribution in [3.63, 3.8) is 0 Å². The van der Waals surface area contributed by atoms with E-state index in [2.05, 4.69) is 0 Å². The number of phenolic OH excluding ortho intramolecular Hbond substituents is 5. The maximum Gasteiger partial charge on any atom is 0.331 e. The van der Waals surface area contributed by atoms with Gasteiger partial charge in [0.25, 0.3) is 0 Å². The van der Waals surface area contributed by atoms with E-state index in [0.29, 0.717) is 11.1 Å². The second-order valence-electron chi connectivity index (χ2n) is 13.2. The molecule has 60 heavy (non-hydrogen) atoms. The summed E-state index contributed by atoms with van der Waals surface area (Å²) in [6, 6.07) is 18.8. The summed E-state index contributed by atoms with van der Waals surface area (Å²) in [5.74, 6) is -6.18. The van der Waals surface area contributed by atoms with Crippen LogP contribution in [0.25, 0.3) is 34.4 Å². The van der Waals surface area contributed by atoms with Crippen molar-refractivity contribution < 1.29 is 77.5 Å². The molecule has 1 saturated heterocycles. The van der Waals surface area contributed by atoms with E-state index in [4.69, 9.17) is 32.8 Å². The summed E-state index contributed by atoms with van der Waals surface area (Å²) in [4.78, 5) is 65.8. The van der Waals surface area contributed by atoms with Crippen molar-refractivity contribution in [1.29, 1.82) is 0 Å². The average Bonchev–Trinajstić information content (AvgIpc) is 3.19. The first-order chi connectivity index (χ1) is 28.6. The van der Waals surface area contributed by atoms with E-state index in [-0.39, 0.29) is 34.2 Å². The van der Waals surface area contributed by atoms with Gasteiger partial charge in [-0.3, -0.25) is 14.4 Å². The van der Waals surface area contributed by atoms with Gasteiger partial charge in [-0.05, 0) is 71.8 Å². The molecule has 0 aliphatic carbocycles. The van der Waals surface area contributed by atoms with E-state index < -0.39 is 89.3 Å². The van der Waals surface area contributed by atoms with Crippen molar-refractivity contribution in [2.24, 2.45) is 0 Å². The number of hydrogen-bond donors (Lipinski definition) is 5. The van der Waals surface area contributed by atoms with Crippen molar-refractivity contribution in [3.8, 4) is 45.8 Å². The maximum absolute atomic E-state index is 14.3. The Morgan fingerprint density at radius 1 is 0.650 bits per heavy atom. The Morgan fingerprint density at radius 3 is 1.75 bits per heavy atom. The third-order valence-electron chi connectivity index (χ3n) is 8.73. The van der Waals surface area contributed by atoms with E-state index in [9.17, 15) is 49.5 Å². The molecule has 0 amide bonds. The topological polar surface area (TPSA) is 255 Å². The van der Waals surface area contributed by atoms with Gasteiger partial charge in [0.1, 0.15) is 52.4 Å². The Morgan fingerprint density at radius 2 is 1.18 bits per heavy atom. The lowest BCUT2D eigenvalue weighted by Crippen LogP contribution is -2.63. The molecule has 6 rings (SSSR count). The number of esters is 4. The minimum atomic E-state index is -1.97. The number of carbonyl (C=O) groups excluding carboxylic acids is 4. The molecule has 310 valence electrons. The van der Waals surface area contributed by atoms with Crippen LogP contribution in [0.1, 0.15) is 25.0 Å². The van der Waals surface area contributed by atoms with Crippen LogP contribution in [0.3, 0.4) is 0 Å². The number of carbonyl (C=O) groups is 4. The quantitative estimate of drug-likeness (QED) is 0.0641. The third-order valence-corrected chi connectivity index (χ3v) is 8.73. The fourth-order valence-electron chi connectivity index (χ4n) is 6.07. The summed E-state index contributed by atoms with van der Waals surface area (Å²) < 4.78 is 40.7. The van der Waals surface area contributed by atoms with Crippen LogP contribution >= 0.6 is 0 Å². The Kier molecular flexibility index (Phi) is 12.7. The Balaban J connectivity index is 1.44. The highest BCUT2D eigenvalue weighted by atomic mass is 16.7. The van der Waals surface area contributed by atoms with Crippen LogP contribution in [0.4, 0.5) is 0 Å². The van der Waals surface area contributed by atoms with Crippen LogP contribution < -0.4 is 10.2 Å². The lowest BCUT2D eigenvalue weighted by atomic mass is 9.98. The first kappa shape index (κ1) is 41.8. The summed E-state index contributed by atoms with van der Waals surface area (Å²) in [5, 5.41) is 49.7. The van der Waals surface area contributed by atoms with E-state index in [1.165, 1.54) is 84.9 Å². The smallest absolute Gasteiger partial charge is 0.331 e. The summed E-state index contributed by atoms with van der Waals surface area (Å²) in [7, 11) is 0. The Hall–Kier alpha value is -7.79. The SMILES string of the molecule is CC(=O)O[C@@H]1[C@@H](OC(C)=O)[C@@H](COC(=O)C=Cc2ccc(O)cc2)O[C@@H](Oc2c(-c3ccc(O)cc3)oc3cc(O)cc(O)c3c2=O)[C@@H]1OC(=O)C=Cc1ccc(O)cc1. The highest BCUT2D eigenvalue weighted by Crippen LogP contribution is 2.38. The van der Waals surface area contributed by atoms with Crippen molar-refractivity contribution in [3.05, 3.63) is 118 Å². The predicted molar refractivity (Wildman–Crippen MR) is 208 cm³/mol. The van der Waals surface area contributed by atoms with Crippen LogP contribution in [0.5, 0.6) is 34.5 Å². The number of fused-ring (bicyclic) bond motifs is 1. The molecule has 2 heterocycles. The molecule has 5 atom stereocenters. The minimum absolute atomic E-state index is 0.00453. The molecule has 0 unspecified atom stereocenters. The third kappa shape index (κ3) is 10.2. The van der Waals surface area contributed by atoms with Crippen molar-refractivity contribution >= 4 is 47.0 Å². The number of hydrogen-bond acceptors (Lipinski definition) is 17. The molecule has 0 radical (unpaired) electrons. The standard InChI is InChI=1S/C43H36O17/c1-22(44)55-39-33(21-54-34(51)17-7-24-3-11-27(46)12-4-24)58-43(42(41(39)56-23(2)45)59-35(52)18-8-25-5-13-28(47)14-6-25)60-40-37(53)36-31(50)19-30(49)20-32(36)57-38(40)26-9-15-29(48)16-10-26/h3-20,33,39,41-43,46-50H,21H2,1-2H3/t33-,39+,41-,42-,43+/m1/s1. The Bertz CT molecular complexity index is 2500. The molecule has 1 aliphatic heterocycles. The maximum atomic E-state index is 14.3. The highest BCUT2D eigenvalue weighted by Gasteiger charge is 2.54. The molecular weight excluding hydrogens is 788 g/mol. The average molecular weight is 825 g/mol. The normalized spacial score (nSPS) is 18.9. The van der Waals surface area contributed by atoms with Gasteiger partial charge >= 0.3 is 23.9 Å². The molecule has 1 fully saturated rings. The molecule has 1 aliphatic rings. The number of rotatable bonds is 12. The fourth-order valence-corrected chi connectivity index (χ4v) is 6.07. The van der Waals surface area contributed by atoms with Crippen LogP contribution in [-0.2, 0) is 42.9 Å². The molecule has 5 N–H and O–H groups in total. The zero-order valence-corrected chi connectivity index (χ0v) is 31.6. The van der Waals surface area contributed by atoms with Crippen molar-refractivity contribution in [1.82, 2.24) is 0 Å². The molecule has 17 heteroatoms. The van der Waals surface area contributed by atoms with E-state index >= 15 is 0 Å². The first-order valence-electron chi connectivity index (χ1n) is 18.0. The van der Waals surface area contributed by atoms with Gasteiger partial charge in [-0.15, -0.1) is 0 Å². The lowest BCUT2D eigenvalue weighted by Gasteiger charge is -2.43. The van der Waals surface area contributed by atoms with E-state index in [0.717, 1.165) is 38.1 Å². The molecule has 4 aromatic carbocycles. The molecule has 17 nitrogen and oxygen atoms in total. The van der Waals surface area contributed by atoms with Gasteiger partial charge in [-0.2, -0.15) is 0 Å². The van der Waals surface area contributed by atoms with Gasteiger partial charge in [0.2, 0.25) is 23.6 Å². The number of phenols is 5. The molecule has 1 aromatic heterocycles. The van der Waals surface area contributed by atoms with E-state index in [1.54, 1.807) is 0 Å². The van der Waals surface area contributed by atoms with Crippen molar-refractivity contribution in [2.75, 3.05) is 6.61 Å². The predicted octanol–water partition coefficient (Wildman–Crippen LogP) is 4.84. The molecule has 5 aromatic rings. The number of ether oxygens (including phenoxy) is 6. The summed E-state index contributed by atoms with van der Waals surface area (Å²) in [6.07, 6.45) is -4.02. The zero-order chi connectivity index (χ0) is 43.1. The van der Waals surface area contributed by atoms with Crippen LogP contribution in [0, 0.1) is 0 Å². The Labute approximate surface area is 339 Å². The monoisotopic (exact) mass is 824 g/mol. The fraction of sp³-hybridized carbons (Fsp3) is 0.186. The zero-order valence-electron chi connectivity index (χ0n) is 31.6. The molecule has 0 bridgehead atoms. The van der Waals surface area contributed by atoms with Gasteiger partial charge in [0.15, 0.2) is 18.0 Å². The number of aromatic hydroxyl groups is 5. The summed E-state index contributed by atoms with van der Waals surface area (Å²) >= 11 is 0. The summed E-state index contributed by atoms with van der Waals surface area (Å²) in [5.41, 5.74) is -0.176. The van der Waals surface area contributed by atoms with Crippen LogP contribution in [0.2, 0.25) is 0 Å². The van der Waals surface area contributed by atoms with Gasteiger partial charge in [0, 0.05) is 43.7 Å². The van der Waals surface area contributed by atoms with Gasteiger partial charge in [-0.1, -0.05) is 24.3 Å². The number of benzene rings is 4. The van der Waals surface area contributed by atoms with Gasteiger partial charge < -0.3 is 58.4 Å². The molecule has 0 spiro atoms. The van der Waals surface area contributed by atoms with Crippen LogP contribution in [0.15, 0.2) is 106 Å². The van der Waals surface area contributed by atoms with Crippen LogP contribution in [-0.4, -0.2) is 86.7 Å². The van der Waals surface area contributed by atoms with Crippen molar-refractivity contribution in [2.45, 2.75) is 44.6 Å².